The average molecular weight is 513 g/mol. The molecule has 4 aromatic rings. The maximum Gasteiger partial charge on any atom is 0.257 e. The van der Waals surface area contributed by atoms with Crippen molar-refractivity contribution in [2.75, 3.05) is 46.6 Å². The fourth-order valence-corrected chi connectivity index (χ4v) is 4.07. The Morgan fingerprint density at radius 1 is 0.947 bits per heavy atom. The highest BCUT2D eigenvalue weighted by Crippen LogP contribution is 2.21. The molecule has 0 saturated carbocycles. The minimum absolute atomic E-state index is 0.106. The molecule has 0 atom stereocenters. The van der Waals surface area contributed by atoms with Gasteiger partial charge in [0.1, 0.15) is 23.8 Å². The topological polar surface area (TPSA) is 145 Å². The number of nitrogens with one attached hydrogen (secondary N) is 2. The molecule has 12 heteroatoms. The van der Waals surface area contributed by atoms with Gasteiger partial charge in [0, 0.05) is 56.2 Å². The van der Waals surface area contributed by atoms with E-state index < -0.39 is 0 Å². The Morgan fingerprint density at radius 2 is 1.74 bits per heavy atom. The van der Waals surface area contributed by atoms with Crippen molar-refractivity contribution in [2.24, 2.45) is 0 Å². The lowest BCUT2D eigenvalue weighted by molar-refractivity contribution is 0.102. The Hall–Kier alpha value is -4.71. The lowest BCUT2D eigenvalue weighted by Gasteiger charge is -2.36. The summed E-state index contributed by atoms with van der Waals surface area (Å²) in [7, 11) is 0. The number of pyridine rings is 1. The summed E-state index contributed by atoms with van der Waals surface area (Å²) in [4.78, 5) is 43.2. The van der Waals surface area contributed by atoms with Crippen LogP contribution in [0.2, 0.25) is 0 Å². The first-order valence-corrected chi connectivity index (χ1v) is 12.4. The zero-order valence-corrected chi connectivity index (χ0v) is 20.9. The molecule has 1 aliphatic rings. The van der Waals surface area contributed by atoms with Gasteiger partial charge in [-0.05, 0) is 24.3 Å². The van der Waals surface area contributed by atoms with E-state index >= 15 is 0 Å². The number of aliphatic hydroxyl groups excluding tert-OH is 1. The number of aryl methyl sites for hydroxylation is 1. The van der Waals surface area contributed by atoms with Crippen molar-refractivity contribution in [1.82, 2.24) is 29.9 Å². The SMILES string of the molecule is CCc1nc(Nc2ccc(C(=O)Nc3ccccc3)cn2)nc(N2CCN(c3ncncc3CO)CC2)n1. The maximum absolute atomic E-state index is 12.5. The standard InChI is InChI=1S/C26H28N10O2/c1-2-21-31-25(32-22-9-8-18(15-28-22)24(38)30-20-6-4-3-5-7-20)34-26(33-21)36-12-10-35(11-13-36)23-19(16-37)14-27-17-29-23/h3-9,14-15,17,37H,2,10-13,16H2,1H3,(H,30,38)(H,28,31,32,33,34). The van der Waals surface area contributed by atoms with E-state index in [2.05, 4.69) is 50.3 Å². The van der Waals surface area contributed by atoms with Crippen molar-refractivity contribution < 1.29 is 9.90 Å². The molecule has 12 nitrogen and oxygen atoms in total. The molecule has 38 heavy (non-hydrogen) atoms. The molecule has 0 aliphatic carbocycles. The maximum atomic E-state index is 12.5. The van der Waals surface area contributed by atoms with E-state index in [0.29, 0.717) is 67.3 Å². The van der Waals surface area contributed by atoms with Crippen LogP contribution in [0.4, 0.5) is 29.2 Å². The van der Waals surface area contributed by atoms with Crippen molar-refractivity contribution in [1.29, 1.82) is 0 Å². The second-order valence-corrected chi connectivity index (χ2v) is 8.61. The molecule has 0 bridgehead atoms. The number of hydrogen-bond donors (Lipinski definition) is 3. The van der Waals surface area contributed by atoms with E-state index in [-0.39, 0.29) is 12.5 Å². The molecule has 0 radical (unpaired) electrons. The fraction of sp³-hybridized carbons (Fsp3) is 0.269. The minimum atomic E-state index is -0.238. The Morgan fingerprint density at radius 3 is 2.45 bits per heavy atom. The molecule has 3 aromatic heterocycles. The van der Waals surface area contributed by atoms with Crippen LogP contribution in [0.15, 0.2) is 61.2 Å². The highest BCUT2D eigenvalue weighted by molar-refractivity contribution is 6.04. The van der Waals surface area contributed by atoms with E-state index in [0.717, 1.165) is 11.5 Å². The van der Waals surface area contributed by atoms with Gasteiger partial charge < -0.3 is 25.5 Å². The first-order valence-electron chi connectivity index (χ1n) is 12.4. The fourth-order valence-electron chi connectivity index (χ4n) is 4.07. The summed E-state index contributed by atoms with van der Waals surface area (Å²) in [5.74, 6) is 2.67. The number of rotatable bonds is 8. The van der Waals surface area contributed by atoms with Gasteiger partial charge in [0.2, 0.25) is 11.9 Å². The van der Waals surface area contributed by atoms with Crippen LogP contribution in [-0.2, 0) is 13.0 Å². The molecule has 1 fully saturated rings. The van der Waals surface area contributed by atoms with Gasteiger partial charge in [0.05, 0.1) is 12.2 Å². The Labute approximate surface area is 219 Å². The number of benzene rings is 1. The molecule has 4 heterocycles. The number of piperazine rings is 1. The Balaban J connectivity index is 1.25. The van der Waals surface area contributed by atoms with Crippen LogP contribution in [-0.4, -0.2) is 67.1 Å². The van der Waals surface area contributed by atoms with Crippen molar-refractivity contribution >= 4 is 35.1 Å². The number of carbonyl (C=O) groups excluding carboxylic acids is 1. The van der Waals surface area contributed by atoms with Crippen LogP contribution < -0.4 is 20.4 Å². The third-order valence-corrected chi connectivity index (χ3v) is 6.08. The first-order chi connectivity index (χ1) is 18.6. The Kier molecular flexibility index (Phi) is 7.59. The number of amides is 1. The Bertz CT molecular complexity index is 1380. The zero-order valence-electron chi connectivity index (χ0n) is 20.9. The van der Waals surface area contributed by atoms with Crippen molar-refractivity contribution in [3.63, 3.8) is 0 Å². The summed E-state index contributed by atoms with van der Waals surface area (Å²) < 4.78 is 0. The molecule has 1 aliphatic heterocycles. The quantitative estimate of drug-likeness (QED) is 0.320. The summed E-state index contributed by atoms with van der Waals surface area (Å²) in [5.41, 5.74) is 1.86. The smallest absolute Gasteiger partial charge is 0.257 e. The number of hydrogen-bond acceptors (Lipinski definition) is 11. The lowest BCUT2D eigenvalue weighted by Crippen LogP contribution is -2.47. The second-order valence-electron chi connectivity index (χ2n) is 8.61. The van der Waals surface area contributed by atoms with Crippen LogP contribution in [0, 0.1) is 0 Å². The second kappa shape index (κ2) is 11.6. The number of anilines is 5. The first kappa shape index (κ1) is 25.0. The lowest BCUT2D eigenvalue weighted by atomic mass is 10.2. The normalized spacial score (nSPS) is 13.3. The molecule has 1 saturated heterocycles. The van der Waals surface area contributed by atoms with E-state index in [1.165, 1.54) is 12.5 Å². The molecular weight excluding hydrogens is 484 g/mol. The van der Waals surface area contributed by atoms with E-state index in [4.69, 9.17) is 0 Å². The summed E-state index contributed by atoms with van der Waals surface area (Å²) in [6.07, 6.45) is 5.30. The van der Waals surface area contributed by atoms with Gasteiger partial charge in [0.15, 0.2) is 0 Å². The zero-order chi connectivity index (χ0) is 26.3. The van der Waals surface area contributed by atoms with Gasteiger partial charge in [0.25, 0.3) is 5.91 Å². The molecular formula is C26H28N10O2. The molecule has 194 valence electrons. The number of nitrogens with zero attached hydrogens (tertiary/aromatic N) is 8. The van der Waals surface area contributed by atoms with Crippen molar-refractivity contribution in [2.45, 2.75) is 20.0 Å². The number of aromatic nitrogens is 6. The number of carbonyl (C=O) groups is 1. The van der Waals surface area contributed by atoms with E-state index in [1.54, 1.807) is 18.3 Å². The molecule has 5 rings (SSSR count). The largest absolute Gasteiger partial charge is 0.391 e. The van der Waals surface area contributed by atoms with Gasteiger partial charge in [-0.2, -0.15) is 15.0 Å². The van der Waals surface area contributed by atoms with E-state index in [9.17, 15) is 9.90 Å². The van der Waals surface area contributed by atoms with Crippen molar-refractivity contribution in [3.8, 4) is 0 Å². The summed E-state index contributed by atoms with van der Waals surface area (Å²) in [6.45, 7) is 4.66. The van der Waals surface area contributed by atoms with E-state index in [1.807, 2.05) is 37.3 Å². The summed E-state index contributed by atoms with van der Waals surface area (Å²) >= 11 is 0. The highest BCUT2D eigenvalue weighted by Gasteiger charge is 2.23. The highest BCUT2D eigenvalue weighted by atomic mass is 16.3. The predicted octanol–water partition coefficient (Wildman–Crippen LogP) is 2.43. The number of para-hydroxylation sites is 1. The number of aliphatic hydroxyl groups is 1. The van der Waals surface area contributed by atoms with Gasteiger partial charge in [-0.15, -0.1) is 0 Å². The third-order valence-electron chi connectivity index (χ3n) is 6.08. The van der Waals surface area contributed by atoms with Crippen LogP contribution in [0.5, 0.6) is 0 Å². The van der Waals surface area contributed by atoms with Gasteiger partial charge in [-0.1, -0.05) is 25.1 Å². The summed E-state index contributed by atoms with van der Waals surface area (Å²) in [6, 6.07) is 12.7. The molecule has 3 N–H and O–H groups in total. The minimum Gasteiger partial charge on any atom is -0.391 e. The van der Waals surface area contributed by atoms with Crippen LogP contribution in [0.3, 0.4) is 0 Å². The van der Waals surface area contributed by atoms with Gasteiger partial charge in [-0.25, -0.2) is 15.0 Å². The molecule has 0 spiro atoms. The van der Waals surface area contributed by atoms with Crippen LogP contribution >= 0.6 is 0 Å². The van der Waals surface area contributed by atoms with Gasteiger partial charge in [-0.3, -0.25) is 4.79 Å². The van der Waals surface area contributed by atoms with Crippen LogP contribution in [0.25, 0.3) is 0 Å². The molecule has 1 aromatic carbocycles. The third kappa shape index (κ3) is 5.81. The van der Waals surface area contributed by atoms with Crippen molar-refractivity contribution in [3.05, 3.63) is 78.1 Å². The van der Waals surface area contributed by atoms with Gasteiger partial charge >= 0.3 is 0 Å². The average Bonchev–Trinajstić information content (AvgIpc) is 2.98. The predicted molar refractivity (Wildman–Crippen MR) is 144 cm³/mol. The molecule has 1 amide bonds. The monoisotopic (exact) mass is 512 g/mol. The van der Waals surface area contributed by atoms with Crippen LogP contribution in [0.1, 0.15) is 28.7 Å². The summed E-state index contributed by atoms with van der Waals surface area (Å²) in [5, 5.41) is 15.6. The molecule has 0 unspecified atom stereocenters.